The molecule has 0 bridgehead atoms. The average Bonchev–Trinajstić information content (AvgIpc) is 2.54. The summed E-state index contributed by atoms with van der Waals surface area (Å²) in [5.41, 5.74) is 4.50. The Kier molecular flexibility index (Phi) is 4.20. The van der Waals surface area contributed by atoms with Gasteiger partial charge in [-0.2, -0.15) is 0 Å². The fraction of sp³-hybridized carbons (Fsp3) is 0.250. The second-order valence-electron chi connectivity index (χ2n) is 5.79. The van der Waals surface area contributed by atoms with E-state index in [9.17, 15) is 4.79 Å². The van der Waals surface area contributed by atoms with Gasteiger partial charge in [0.25, 0.3) is 0 Å². The van der Waals surface area contributed by atoms with Gasteiger partial charge in [-0.1, -0.05) is 36.8 Å². The third-order valence-corrected chi connectivity index (χ3v) is 4.05. The van der Waals surface area contributed by atoms with Gasteiger partial charge in [0.15, 0.2) is 0 Å². The number of ether oxygens (including phenoxy) is 1. The van der Waals surface area contributed by atoms with E-state index in [1.54, 1.807) is 6.07 Å². The molecule has 0 atom stereocenters. The van der Waals surface area contributed by atoms with E-state index in [2.05, 4.69) is 19.1 Å². The summed E-state index contributed by atoms with van der Waals surface area (Å²) in [4.78, 5) is 11.7. The van der Waals surface area contributed by atoms with Crippen LogP contribution in [0.25, 0.3) is 11.0 Å². The number of hydrogen-bond donors (Lipinski definition) is 0. The Balaban J connectivity index is 1.96. The van der Waals surface area contributed by atoms with Gasteiger partial charge in [-0.05, 0) is 43.5 Å². The summed E-state index contributed by atoms with van der Waals surface area (Å²) in [5, 5.41) is 0.979. The molecule has 0 N–H and O–H groups in total. The molecule has 0 fully saturated rings. The van der Waals surface area contributed by atoms with Crippen LogP contribution in [0.15, 0.2) is 51.7 Å². The molecule has 0 amide bonds. The van der Waals surface area contributed by atoms with E-state index in [4.69, 9.17) is 9.15 Å². The molecule has 3 nitrogen and oxygen atoms in total. The lowest BCUT2D eigenvalue weighted by Crippen LogP contribution is -2.03. The molecule has 2 aromatic carbocycles. The molecular weight excluding hydrogens is 288 g/mol. The highest BCUT2D eigenvalue weighted by Crippen LogP contribution is 2.29. The summed E-state index contributed by atoms with van der Waals surface area (Å²) in [6, 6.07) is 13.7. The molecule has 3 rings (SSSR count). The van der Waals surface area contributed by atoms with Gasteiger partial charge in [-0.25, -0.2) is 4.79 Å². The van der Waals surface area contributed by atoms with Crippen molar-refractivity contribution in [1.29, 1.82) is 0 Å². The first-order valence-electron chi connectivity index (χ1n) is 7.83. The average molecular weight is 308 g/mol. The predicted octanol–water partition coefficient (Wildman–Crippen LogP) is 4.55. The van der Waals surface area contributed by atoms with Crippen LogP contribution >= 0.6 is 0 Å². The molecule has 0 aliphatic heterocycles. The van der Waals surface area contributed by atoms with Crippen molar-refractivity contribution >= 4 is 11.0 Å². The lowest BCUT2D eigenvalue weighted by Gasteiger charge is -2.12. The minimum Gasteiger partial charge on any atom is -0.488 e. The Morgan fingerprint density at radius 3 is 2.65 bits per heavy atom. The van der Waals surface area contributed by atoms with Crippen molar-refractivity contribution in [3.63, 3.8) is 0 Å². The van der Waals surface area contributed by atoms with Crippen molar-refractivity contribution in [3.05, 3.63) is 75.1 Å². The molecule has 0 aliphatic rings. The van der Waals surface area contributed by atoms with Crippen LogP contribution in [-0.2, 0) is 13.0 Å². The van der Waals surface area contributed by atoms with E-state index in [1.807, 2.05) is 38.1 Å². The van der Waals surface area contributed by atoms with Crippen LogP contribution in [0.3, 0.4) is 0 Å². The molecular formula is C20H20O3. The number of aryl methyl sites for hydroxylation is 3. The van der Waals surface area contributed by atoms with Gasteiger partial charge in [0.1, 0.15) is 17.9 Å². The van der Waals surface area contributed by atoms with Gasteiger partial charge in [0.05, 0.1) is 0 Å². The molecule has 3 heteroatoms. The van der Waals surface area contributed by atoms with Gasteiger partial charge < -0.3 is 9.15 Å². The fourth-order valence-corrected chi connectivity index (χ4v) is 2.82. The van der Waals surface area contributed by atoms with E-state index in [0.717, 1.165) is 34.2 Å². The Hall–Kier alpha value is -2.55. The number of rotatable bonds is 4. The quantitative estimate of drug-likeness (QED) is 0.664. The molecule has 0 radical (unpaired) electrons. The maximum absolute atomic E-state index is 11.7. The lowest BCUT2D eigenvalue weighted by molar-refractivity contribution is 0.304. The number of hydrogen-bond acceptors (Lipinski definition) is 3. The zero-order chi connectivity index (χ0) is 16.4. The van der Waals surface area contributed by atoms with Crippen LogP contribution < -0.4 is 10.4 Å². The van der Waals surface area contributed by atoms with Crippen molar-refractivity contribution in [2.45, 2.75) is 33.8 Å². The van der Waals surface area contributed by atoms with Gasteiger partial charge in [0, 0.05) is 17.0 Å². The summed E-state index contributed by atoms with van der Waals surface area (Å²) in [5.74, 6) is 0.746. The first-order chi connectivity index (χ1) is 11.1. The normalized spacial score (nSPS) is 10.9. The van der Waals surface area contributed by atoms with Crippen molar-refractivity contribution in [2.24, 2.45) is 0 Å². The molecule has 0 saturated carbocycles. The summed E-state index contributed by atoms with van der Waals surface area (Å²) < 4.78 is 11.3. The Bertz CT molecular complexity index is 906. The summed E-state index contributed by atoms with van der Waals surface area (Å²) in [6.45, 7) is 6.51. The van der Waals surface area contributed by atoms with E-state index in [0.29, 0.717) is 12.2 Å². The lowest BCUT2D eigenvalue weighted by atomic mass is 10.0. The molecule has 0 saturated heterocycles. The van der Waals surface area contributed by atoms with E-state index in [-0.39, 0.29) is 5.63 Å². The molecule has 23 heavy (non-hydrogen) atoms. The summed E-state index contributed by atoms with van der Waals surface area (Å²) in [6.07, 6.45) is 0.797. The largest absolute Gasteiger partial charge is 0.488 e. The third kappa shape index (κ3) is 3.14. The topological polar surface area (TPSA) is 39.4 Å². The molecule has 118 valence electrons. The van der Waals surface area contributed by atoms with E-state index < -0.39 is 0 Å². The van der Waals surface area contributed by atoms with Crippen molar-refractivity contribution in [2.75, 3.05) is 0 Å². The summed E-state index contributed by atoms with van der Waals surface area (Å²) in [7, 11) is 0. The van der Waals surface area contributed by atoms with E-state index >= 15 is 0 Å². The SMILES string of the molecule is CCc1cc(=O)oc2c(C)c(OCc3cccc(C)c3)ccc12. The molecule has 1 aromatic heterocycles. The van der Waals surface area contributed by atoms with Gasteiger partial charge in [-0.15, -0.1) is 0 Å². The zero-order valence-electron chi connectivity index (χ0n) is 13.7. The maximum Gasteiger partial charge on any atom is 0.336 e. The van der Waals surface area contributed by atoms with Crippen molar-refractivity contribution in [1.82, 2.24) is 0 Å². The first kappa shape index (κ1) is 15.3. The van der Waals surface area contributed by atoms with Crippen LogP contribution in [-0.4, -0.2) is 0 Å². The first-order valence-corrected chi connectivity index (χ1v) is 7.83. The second kappa shape index (κ2) is 6.29. The van der Waals surface area contributed by atoms with Gasteiger partial charge in [-0.3, -0.25) is 0 Å². The van der Waals surface area contributed by atoms with Crippen LogP contribution in [0.1, 0.15) is 29.2 Å². The van der Waals surface area contributed by atoms with Crippen LogP contribution in [0.5, 0.6) is 5.75 Å². The predicted molar refractivity (Wildman–Crippen MR) is 92.1 cm³/mol. The fourth-order valence-electron chi connectivity index (χ4n) is 2.82. The third-order valence-electron chi connectivity index (χ3n) is 4.05. The highest BCUT2D eigenvalue weighted by Gasteiger charge is 2.11. The minimum atomic E-state index is -0.312. The maximum atomic E-state index is 11.7. The monoisotopic (exact) mass is 308 g/mol. The molecule has 0 unspecified atom stereocenters. The Morgan fingerprint density at radius 2 is 1.91 bits per heavy atom. The molecule has 3 aromatic rings. The van der Waals surface area contributed by atoms with E-state index in [1.165, 1.54) is 5.56 Å². The zero-order valence-corrected chi connectivity index (χ0v) is 13.7. The molecule has 0 aliphatic carbocycles. The Morgan fingerprint density at radius 1 is 1.09 bits per heavy atom. The van der Waals surface area contributed by atoms with Gasteiger partial charge in [0.2, 0.25) is 0 Å². The van der Waals surface area contributed by atoms with Crippen LogP contribution in [0, 0.1) is 13.8 Å². The minimum absolute atomic E-state index is 0.312. The highest BCUT2D eigenvalue weighted by atomic mass is 16.5. The molecule has 0 spiro atoms. The van der Waals surface area contributed by atoms with Crippen LogP contribution in [0.2, 0.25) is 0 Å². The standard InChI is InChI=1S/C20H20O3/c1-4-16-11-19(21)23-20-14(3)18(9-8-17(16)20)22-12-15-7-5-6-13(2)10-15/h5-11H,4,12H2,1-3H3. The second-order valence-corrected chi connectivity index (χ2v) is 5.79. The van der Waals surface area contributed by atoms with Crippen LogP contribution in [0.4, 0.5) is 0 Å². The summed E-state index contributed by atoms with van der Waals surface area (Å²) >= 11 is 0. The van der Waals surface area contributed by atoms with Gasteiger partial charge >= 0.3 is 5.63 Å². The van der Waals surface area contributed by atoms with Crippen molar-refractivity contribution < 1.29 is 9.15 Å². The van der Waals surface area contributed by atoms with Crippen molar-refractivity contribution in [3.8, 4) is 5.75 Å². The highest BCUT2D eigenvalue weighted by molar-refractivity contribution is 5.84. The molecule has 1 heterocycles. The smallest absolute Gasteiger partial charge is 0.336 e. The number of fused-ring (bicyclic) bond motifs is 1. The number of benzene rings is 2. The Labute approximate surface area is 135 Å².